The van der Waals surface area contributed by atoms with Crippen molar-refractivity contribution in [3.8, 4) is 11.1 Å². The summed E-state index contributed by atoms with van der Waals surface area (Å²) in [5, 5.41) is 22.1. The summed E-state index contributed by atoms with van der Waals surface area (Å²) in [6.07, 6.45) is -1.85. The van der Waals surface area contributed by atoms with Crippen LogP contribution in [0.4, 0.5) is 4.79 Å². The van der Waals surface area contributed by atoms with E-state index in [-0.39, 0.29) is 30.6 Å². The molecule has 276 valence electrons. The summed E-state index contributed by atoms with van der Waals surface area (Å²) >= 11 is 6.44. The Balaban J connectivity index is 1.63. The van der Waals surface area contributed by atoms with Crippen LogP contribution in [0.25, 0.3) is 11.1 Å². The van der Waals surface area contributed by atoms with Gasteiger partial charge in [-0.2, -0.15) is 5.10 Å². The van der Waals surface area contributed by atoms with Crippen molar-refractivity contribution in [2.24, 2.45) is 16.8 Å². The van der Waals surface area contributed by atoms with Gasteiger partial charge in [-0.15, -0.1) is 20.2 Å². The van der Waals surface area contributed by atoms with E-state index in [1.54, 1.807) is 4.57 Å². The molecular weight excluding hydrogens is 700 g/mol. The zero-order valence-corrected chi connectivity index (χ0v) is 28.4. The molecule has 1 heterocycles. The third kappa shape index (κ3) is 12.3. The molecule has 0 amide bonds. The van der Waals surface area contributed by atoms with E-state index < -0.39 is 47.9 Å². The van der Waals surface area contributed by atoms with E-state index in [1.165, 1.54) is 6.92 Å². The normalized spacial score (nSPS) is 12.4. The minimum Gasteiger partial charge on any atom is -0.432 e. The van der Waals surface area contributed by atoms with Gasteiger partial charge in [-0.25, -0.2) is 20.4 Å². The standard InChI is InChI=1S/C30H37ClN8O12/c1-3-4-9-25-34-27(31)26(37(25)16-20-10-12-21(13-11-20)23-7-5-6-8-24(23)28(35-32)36-33)29(40)49-19(2)50-30(41)47-15-14-46-17-22(51-39(44)45)18-48-38(42)43/h5-8,10-13,19,22H,3-4,9,14-18,32-33H2,1-2H3,(H,35,36). The van der Waals surface area contributed by atoms with Crippen LogP contribution in [0.3, 0.4) is 0 Å². The minimum absolute atomic E-state index is 0.0419. The maximum Gasteiger partial charge on any atom is 0.511 e. The summed E-state index contributed by atoms with van der Waals surface area (Å²) in [5.74, 6) is 11.0. The number of ether oxygens (including phenoxy) is 4. The molecule has 0 aliphatic heterocycles. The Morgan fingerprint density at radius 2 is 1.78 bits per heavy atom. The van der Waals surface area contributed by atoms with E-state index in [0.717, 1.165) is 29.5 Å². The molecule has 2 unspecified atom stereocenters. The van der Waals surface area contributed by atoms with Crippen LogP contribution in [0, 0.1) is 20.2 Å². The fourth-order valence-corrected chi connectivity index (χ4v) is 4.91. The van der Waals surface area contributed by atoms with Crippen LogP contribution in [0.1, 0.15) is 54.1 Å². The van der Waals surface area contributed by atoms with Crippen LogP contribution in [0.15, 0.2) is 53.6 Å². The van der Waals surface area contributed by atoms with Crippen molar-refractivity contribution in [1.29, 1.82) is 0 Å². The molecule has 5 N–H and O–H groups in total. The first-order valence-electron chi connectivity index (χ1n) is 15.4. The molecule has 2 atom stereocenters. The number of imidazole rings is 1. The van der Waals surface area contributed by atoms with Crippen molar-refractivity contribution in [2.45, 2.75) is 52.0 Å². The van der Waals surface area contributed by atoms with Crippen LogP contribution >= 0.6 is 11.6 Å². The highest BCUT2D eigenvalue weighted by atomic mass is 35.5. The van der Waals surface area contributed by atoms with Gasteiger partial charge in [0.2, 0.25) is 6.29 Å². The van der Waals surface area contributed by atoms with Gasteiger partial charge in [0, 0.05) is 25.5 Å². The Morgan fingerprint density at radius 3 is 2.43 bits per heavy atom. The van der Waals surface area contributed by atoms with Gasteiger partial charge in [-0.3, -0.25) is 0 Å². The zero-order chi connectivity index (χ0) is 37.3. The molecule has 51 heavy (non-hydrogen) atoms. The summed E-state index contributed by atoms with van der Waals surface area (Å²) in [5.41, 5.74) is 5.67. The number of hydrazone groups is 1. The van der Waals surface area contributed by atoms with E-state index >= 15 is 0 Å². The monoisotopic (exact) mass is 736 g/mol. The van der Waals surface area contributed by atoms with Crippen LogP contribution in [0.2, 0.25) is 5.15 Å². The van der Waals surface area contributed by atoms with Crippen molar-refractivity contribution in [2.75, 3.05) is 26.4 Å². The van der Waals surface area contributed by atoms with Crippen LogP contribution in [0.5, 0.6) is 0 Å². The molecule has 0 saturated heterocycles. The molecule has 20 nitrogen and oxygen atoms in total. The molecule has 0 spiro atoms. The number of aryl methyl sites for hydroxylation is 1. The smallest absolute Gasteiger partial charge is 0.432 e. The summed E-state index contributed by atoms with van der Waals surface area (Å²) in [6.45, 7) is 1.62. The van der Waals surface area contributed by atoms with Crippen molar-refractivity contribution < 1.29 is 48.4 Å². The largest absolute Gasteiger partial charge is 0.511 e. The lowest BCUT2D eigenvalue weighted by Gasteiger charge is -2.16. The molecule has 0 fully saturated rings. The molecule has 0 bridgehead atoms. The summed E-state index contributed by atoms with van der Waals surface area (Å²) in [6, 6.07) is 15.0. The number of carbonyl (C=O) groups excluding carboxylic acids is 2. The molecule has 0 radical (unpaired) electrons. The molecule has 3 rings (SSSR count). The van der Waals surface area contributed by atoms with Gasteiger partial charge in [-0.05, 0) is 23.1 Å². The molecule has 3 aromatic rings. The Kier molecular flexibility index (Phi) is 15.6. The quantitative estimate of drug-likeness (QED) is 0.0220. The van der Waals surface area contributed by atoms with Gasteiger partial charge in [0.1, 0.15) is 19.0 Å². The molecule has 1 aromatic heterocycles. The Labute approximate surface area is 295 Å². The molecular formula is C30H37ClN8O12. The third-order valence-electron chi connectivity index (χ3n) is 6.89. The molecule has 0 aliphatic rings. The average Bonchev–Trinajstić information content (AvgIpc) is 3.40. The van der Waals surface area contributed by atoms with Crippen LogP contribution in [-0.2, 0) is 41.6 Å². The first-order chi connectivity index (χ1) is 24.5. The number of unbranched alkanes of at least 4 members (excludes halogenated alkanes) is 1. The summed E-state index contributed by atoms with van der Waals surface area (Å²) < 4.78 is 21.9. The number of halogens is 1. The number of esters is 1. The van der Waals surface area contributed by atoms with Crippen LogP contribution < -0.4 is 17.1 Å². The van der Waals surface area contributed by atoms with Crippen molar-refractivity contribution >= 4 is 29.6 Å². The van der Waals surface area contributed by atoms with E-state index in [1.807, 2.05) is 55.5 Å². The maximum atomic E-state index is 13.3. The number of carbonyl (C=O) groups is 2. The highest BCUT2D eigenvalue weighted by Crippen LogP contribution is 2.26. The fraction of sp³-hybridized carbons (Fsp3) is 0.400. The maximum absolute atomic E-state index is 13.3. The number of rotatable bonds is 20. The number of aromatic nitrogens is 2. The molecule has 21 heteroatoms. The lowest BCUT2D eigenvalue weighted by molar-refractivity contribution is -0.790. The first kappa shape index (κ1) is 39.7. The van der Waals surface area contributed by atoms with E-state index in [0.29, 0.717) is 23.6 Å². The van der Waals surface area contributed by atoms with Gasteiger partial charge < -0.3 is 44.5 Å². The number of hydrazine groups is 1. The number of nitrogens with one attached hydrogen (secondary N) is 1. The van der Waals surface area contributed by atoms with Crippen LogP contribution in [-0.4, -0.2) is 76.5 Å². The van der Waals surface area contributed by atoms with Gasteiger partial charge >= 0.3 is 12.1 Å². The van der Waals surface area contributed by atoms with Gasteiger partial charge in [0.15, 0.2) is 22.8 Å². The predicted octanol–water partition coefficient (Wildman–Crippen LogP) is 3.14. The number of benzene rings is 2. The first-order valence-corrected chi connectivity index (χ1v) is 15.7. The Bertz CT molecular complexity index is 1670. The van der Waals surface area contributed by atoms with Crippen molar-refractivity contribution in [3.05, 3.63) is 96.6 Å². The molecule has 0 aliphatic carbocycles. The van der Waals surface area contributed by atoms with Gasteiger partial charge in [-0.1, -0.05) is 73.5 Å². The van der Waals surface area contributed by atoms with E-state index in [9.17, 15) is 29.8 Å². The van der Waals surface area contributed by atoms with Crippen molar-refractivity contribution in [1.82, 2.24) is 15.0 Å². The van der Waals surface area contributed by atoms with Gasteiger partial charge in [0.05, 0.1) is 13.2 Å². The SMILES string of the molecule is CCCCc1nc(Cl)c(C(=O)OC(C)OC(=O)OCCOCC(CO[N+](=O)[O-])O[N+](=O)[O-])n1Cc1ccc(-c2ccccc2/C(=N/N)NN)cc1. The van der Waals surface area contributed by atoms with E-state index in [2.05, 4.69) is 25.2 Å². The highest BCUT2D eigenvalue weighted by molar-refractivity contribution is 6.32. The predicted molar refractivity (Wildman–Crippen MR) is 178 cm³/mol. The molecule has 2 aromatic carbocycles. The number of nitrogens with two attached hydrogens (primary N) is 2. The number of nitrogens with zero attached hydrogens (tertiary/aromatic N) is 5. The zero-order valence-electron chi connectivity index (χ0n) is 27.6. The second kappa shape index (κ2) is 20.1. The van der Waals surface area contributed by atoms with Crippen molar-refractivity contribution in [3.63, 3.8) is 0 Å². The average molecular weight is 737 g/mol. The lowest BCUT2D eigenvalue weighted by Crippen LogP contribution is -2.32. The summed E-state index contributed by atoms with van der Waals surface area (Å²) in [4.78, 5) is 59.0. The Morgan fingerprint density at radius 1 is 1.06 bits per heavy atom. The number of hydrogen-bond acceptors (Lipinski definition) is 16. The Hall–Kier alpha value is -5.73. The van der Waals surface area contributed by atoms with E-state index in [4.69, 9.17) is 42.2 Å². The second-order valence-electron chi connectivity index (χ2n) is 10.5. The second-order valence-corrected chi connectivity index (χ2v) is 10.8. The highest BCUT2D eigenvalue weighted by Gasteiger charge is 2.26. The molecule has 0 saturated carbocycles. The number of hydrogen-bond donors (Lipinski definition) is 3. The summed E-state index contributed by atoms with van der Waals surface area (Å²) in [7, 11) is 0. The minimum atomic E-state index is -1.41. The third-order valence-corrected chi connectivity index (χ3v) is 7.16. The lowest BCUT2D eigenvalue weighted by atomic mass is 9.98. The van der Waals surface area contributed by atoms with Gasteiger partial charge in [0.25, 0.3) is 10.2 Å². The topological polar surface area (TPSA) is 270 Å². The fourth-order valence-electron chi connectivity index (χ4n) is 4.63. The number of amidine groups is 1.